The molecule has 8 heteroatoms. The lowest BCUT2D eigenvalue weighted by Crippen LogP contribution is -2.36. The highest BCUT2D eigenvalue weighted by Gasteiger charge is 2.28. The third-order valence-electron chi connectivity index (χ3n) is 6.43. The van der Waals surface area contributed by atoms with Gasteiger partial charge >= 0.3 is 0 Å². The van der Waals surface area contributed by atoms with Gasteiger partial charge in [0.05, 0.1) is 36.8 Å². The minimum atomic E-state index is -0.496. The van der Waals surface area contributed by atoms with Crippen LogP contribution in [0.4, 0.5) is 0 Å². The number of benzene rings is 2. The molecule has 2 aliphatic rings. The highest BCUT2D eigenvalue weighted by molar-refractivity contribution is 5.91. The number of amides is 1. The number of nitrogens with one attached hydrogen (secondary N) is 1. The zero-order valence-electron chi connectivity index (χ0n) is 18.8. The van der Waals surface area contributed by atoms with Gasteiger partial charge in [0.1, 0.15) is 12.4 Å². The van der Waals surface area contributed by atoms with Crippen LogP contribution in [0.3, 0.4) is 0 Å². The second-order valence-electron chi connectivity index (χ2n) is 8.64. The molecule has 0 radical (unpaired) electrons. The topological polar surface area (TPSA) is 87.8 Å². The number of ether oxygens (including phenoxy) is 2. The van der Waals surface area contributed by atoms with Gasteiger partial charge in [0, 0.05) is 37.1 Å². The first-order valence-electron chi connectivity index (χ1n) is 11.4. The average Bonchev–Trinajstić information content (AvgIpc) is 3.06. The first-order valence-corrected chi connectivity index (χ1v) is 11.4. The highest BCUT2D eigenvalue weighted by atomic mass is 16.5. The number of nitrogens with zero attached hydrogens (tertiary/aromatic N) is 3. The summed E-state index contributed by atoms with van der Waals surface area (Å²) < 4.78 is 11.4. The van der Waals surface area contributed by atoms with E-state index in [4.69, 9.17) is 9.47 Å². The molecule has 1 fully saturated rings. The van der Waals surface area contributed by atoms with Crippen LogP contribution in [0.5, 0.6) is 5.75 Å². The van der Waals surface area contributed by atoms with Crippen LogP contribution in [0.1, 0.15) is 29.7 Å². The summed E-state index contributed by atoms with van der Waals surface area (Å²) in [5, 5.41) is 8.03. The zero-order chi connectivity index (χ0) is 22.8. The standard InChI is InChI=1S/C25H28N4O4/c1-17(23-20-4-2-3-5-21(20)24(30)27-26-23)25(31)29-10-13-33-22-7-6-18(14-19(22)16-29)15-28-8-11-32-12-9-28/h2-7,14,17H,8-13,15-16H2,1H3,(H,27,30). The van der Waals surface area contributed by atoms with Gasteiger partial charge in [0.15, 0.2) is 0 Å². The average molecular weight is 449 g/mol. The van der Waals surface area contributed by atoms with E-state index in [1.165, 1.54) is 5.56 Å². The molecule has 1 N–H and O–H groups in total. The molecule has 0 bridgehead atoms. The number of aromatic nitrogens is 2. The lowest BCUT2D eigenvalue weighted by atomic mass is 9.99. The van der Waals surface area contributed by atoms with Crippen molar-refractivity contribution in [3.8, 4) is 5.75 Å². The molecule has 3 heterocycles. The van der Waals surface area contributed by atoms with E-state index >= 15 is 0 Å². The summed E-state index contributed by atoms with van der Waals surface area (Å²) >= 11 is 0. The van der Waals surface area contributed by atoms with Crippen LogP contribution in [0, 0.1) is 0 Å². The summed E-state index contributed by atoms with van der Waals surface area (Å²) in [6, 6.07) is 13.5. The second kappa shape index (κ2) is 9.33. The Kier molecular flexibility index (Phi) is 6.11. The lowest BCUT2D eigenvalue weighted by molar-refractivity contribution is -0.133. The molecule has 0 saturated carbocycles. The number of carbonyl (C=O) groups excluding carboxylic acids is 1. The Balaban J connectivity index is 1.37. The van der Waals surface area contributed by atoms with Crippen molar-refractivity contribution in [2.75, 3.05) is 39.5 Å². The first kappa shape index (κ1) is 21.6. The van der Waals surface area contributed by atoms with Crippen LogP contribution in [0.15, 0.2) is 47.3 Å². The maximum absolute atomic E-state index is 13.5. The predicted octanol–water partition coefficient (Wildman–Crippen LogP) is 2.28. The molecule has 3 aromatic rings. The quantitative estimate of drug-likeness (QED) is 0.659. The largest absolute Gasteiger partial charge is 0.491 e. The summed E-state index contributed by atoms with van der Waals surface area (Å²) in [5.41, 5.74) is 2.55. The maximum Gasteiger partial charge on any atom is 0.272 e. The molecule has 1 aromatic heterocycles. The number of morpholine rings is 1. The molecule has 33 heavy (non-hydrogen) atoms. The highest BCUT2D eigenvalue weighted by Crippen LogP contribution is 2.28. The number of fused-ring (bicyclic) bond motifs is 2. The Morgan fingerprint density at radius 2 is 1.88 bits per heavy atom. The van der Waals surface area contributed by atoms with Crippen LogP contribution in [-0.2, 0) is 22.6 Å². The summed E-state index contributed by atoms with van der Waals surface area (Å²) in [4.78, 5) is 29.9. The molecule has 1 amide bonds. The fraction of sp³-hybridized carbons (Fsp3) is 0.400. The van der Waals surface area contributed by atoms with E-state index in [0.29, 0.717) is 36.2 Å². The zero-order valence-corrected chi connectivity index (χ0v) is 18.8. The predicted molar refractivity (Wildman–Crippen MR) is 124 cm³/mol. The number of H-pyrrole nitrogens is 1. The monoisotopic (exact) mass is 448 g/mol. The van der Waals surface area contributed by atoms with E-state index in [2.05, 4.69) is 27.2 Å². The van der Waals surface area contributed by atoms with Crippen LogP contribution >= 0.6 is 0 Å². The number of carbonyl (C=O) groups is 1. The normalized spacial score (nSPS) is 17.8. The van der Waals surface area contributed by atoms with Crippen molar-refractivity contribution in [1.29, 1.82) is 0 Å². The molecule has 5 rings (SSSR count). The Morgan fingerprint density at radius 3 is 2.70 bits per heavy atom. The molecular formula is C25H28N4O4. The summed E-state index contributed by atoms with van der Waals surface area (Å²) in [5.74, 6) is 0.302. The van der Waals surface area contributed by atoms with E-state index in [1.54, 1.807) is 6.07 Å². The molecule has 8 nitrogen and oxygen atoms in total. The third kappa shape index (κ3) is 4.49. The van der Waals surface area contributed by atoms with E-state index in [1.807, 2.05) is 36.1 Å². The van der Waals surface area contributed by atoms with Gasteiger partial charge in [-0.25, -0.2) is 5.10 Å². The van der Waals surface area contributed by atoms with Crippen molar-refractivity contribution in [1.82, 2.24) is 20.0 Å². The van der Waals surface area contributed by atoms with E-state index < -0.39 is 5.92 Å². The van der Waals surface area contributed by atoms with Gasteiger partial charge < -0.3 is 14.4 Å². The molecule has 0 aliphatic carbocycles. The second-order valence-corrected chi connectivity index (χ2v) is 8.64. The number of aromatic amines is 1. The fourth-order valence-electron chi connectivity index (χ4n) is 4.61. The minimum Gasteiger partial charge on any atom is -0.491 e. The van der Waals surface area contributed by atoms with Gasteiger partial charge in [-0.1, -0.05) is 24.3 Å². The van der Waals surface area contributed by atoms with Gasteiger partial charge in [-0.2, -0.15) is 5.10 Å². The summed E-state index contributed by atoms with van der Waals surface area (Å²) in [6.45, 7) is 7.50. The van der Waals surface area contributed by atoms with Gasteiger partial charge in [-0.3, -0.25) is 14.5 Å². The Bertz CT molecular complexity index is 1220. The smallest absolute Gasteiger partial charge is 0.272 e. The molecule has 2 aliphatic heterocycles. The number of hydrogen-bond donors (Lipinski definition) is 1. The maximum atomic E-state index is 13.5. The first-order chi connectivity index (χ1) is 16.1. The van der Waals surface area contributed by atoms with Crippen LogP contribution < -0.4 is 10.3 Å². The van der Waals surface area contributed by atoms with Crippen LogP contribution in [-0.4, -0.2) is 65.4 Å². The van der Waals surface area contributed by atoms with E-state index in [-0.39, 0.29) is 11.5 Å². The summed E-state index contributed by atoms with van der Waals surface area (Å²) in [7, 11) is 0. The molecule has 0 spiro atoms. The Hall–Kier alpha value is -3.23. The van der Waals surface area contributed by atoms with Crippen molar-refractivity contribution >= 4 is 16.7 Å². The fourth-order valence-corrected chi connectivity index (χ4v) is 4.61. The van der Waals surface area contributed by atoms with Gasteiger partial charge in [0.2, 0.25) is 5.91 Å². The summed E-state index contributed by atoms with van der Waals surface area (Å²) in [6.07, 6.45) is 0. The Labute approximate surface area is 192 Å². The van der Waals surface area contributed by atoms with Gasteiger partial charge in [-0.15, -0.1) is 0 Å². The van der Waals surface area contributed by atoms with Crippen molar-refractivity contribution in [2.24, 2.45) is 0 Å². The van der Waals surface area contributed by atoms with Gasteiger partial charge in [0.25, 0.3) is 5.56 Å². The molecule has 2 aromatic carbocycles. The molecular weight excluding hydrogens is 420 g/mol. The number of hydrogen-bond acceptors (Lipinski definition) is 6. The molecule has 1 unspecified atom stereocenters. The van der Waals surface area contributed by atoms with E-state index in [9.17, 15) is 9.59 Å². The molecule has 1 atom stereocenters. The van der Waals surface area contributed by atoms with Crippen LogP contribution in [0.2, 0.25) is 0 Å². The molecule has 172 valence electrons. The van der Waals surface area contributed by atoms with Crippen molar-refractivity contribution in [2.45, 2.75) is 25.9 Å². The Morgan fingerprint density at radius 1 is 1.09 bits per heavy atom. The lowest BCUT2D eigenvalue weighted by Gasteiger charge is -2.27. The molecule has 1 saturated heterocycles. The van der Waals surface area contributed by atoms with Gasteiger partial charge in [-0.05, 0) is 30.7 Å². The SMILES string of the molecule is CC(C(=O)N1CCOc2ccc(CN3CCOCC3)cc2C1)c1n[nH]c(=O)c2ccccc12. The van der Waals surface area contributed by atoms with E-state index in [0.717, 1.165) is 44.2 Å². The van der Waals surface area contributed by atoms with Crippen LogP contribution in [0.25, 0.3) is 10.8 Å². The minimum absolute atomic E-state index is 0.0327. The van der Waals surface area contributed by atoms with Crippen molar-refractivity contribution < 1.29 is 14.3 Å². The number of rotatable bonds is 4. The van der Waals surface area contributed by atoms with Crippen molar-refractivity contribution in [3.63, 3.8) is 0 Å². The third-order valence-corrected chi connectivity index (χ3v) is 6.43. The van der Waals surface area contributed by atoms with Crippen molar-refractivity contribution in [3.05, 3.63) is 69.6 Å².